The van der Waals surface area contributed by atoms with Gasteiger partial charge in [-0.1, -0.05) is 30.3 Å². The summed E-state index contributed by atoms with van der Waals surface area (Å²) in [4.78, 5) is 31.3. The van der Waals surface area contributed by atoms with Gasteiger partial charge in [-0.3, -0.25) is 9.59 Å². The van der Waals surface area contributed by atoms with Crippen molar-refractivity contribution in [1.29, 1.82) is 0 Å². The Morgan fingerprint density at radius 2 is 1.60 bits per heavy atom. The molecule has 1 unspecified atom stereocenters. The van der Waals surface area contributed by atoms with Crippen LogP contribution in [0.5, 0.6) is 0 Å². The largest absolute Gasteiger partial charge is 0.480 e. The summed E-state index contributed by atoms with van der Waals surface area (Å²) < 4.78 is 0. The molecule has 0 spiro atoms. The average molecular weight is 280 g/mol. The third-order valence-electron chi connectivity index (χ3n) is 2.31. The maximum absolute atomic E-state index is 10.8. The Balaban J connectivity index is 0.000000621. The summed E-state index contributed by atoms with van der Waals surface area (Å²) in [5.41, 5.74) is 0.888. The quantitative estimate of drug-likeness (QED) is 0.751. The fourth-order valence-electron chi connectivity index (χ4n) is 1.30. The van der Waals surface area contributed by atoms with Crippen LogP contribution < -0.4 is 10.6 Å². The number of aliphatic carboxylic acids is 1. The molecule has 0 saturated heterocycles. The molecule has 0 aliphatic carbocycles. The first-order valence-electron chi connectivity index (χ1n) is 6.09. The molecule has 20 heavy (non-hydrogen) atoms. The normalized spacial score (nSPS) is 10.6. The predicted molar refractivity (Wildman–Crippen MR) is 75.1 cm³/mol. The maximum atomic E-state index is 10.8. The second-order valence-electron chi connectivity index (χ2n) is 4.09. The topological polar surface area (TPSA) is 95.5 Å². The van der Waals surface area contributed by atoms with E-state index in [-0.39, 0.29) is 11.8 Å². The van der Waals surface area contributed by atoms with Gasteiger partial charge in [0.1, 0.15) is 6.04 Å². The van der Waals surface area contributed by atoms with Gasteiger partial charge in [0.05, 0.1) is 0 Å². The molecule has 1 aromatic rings. The number of nitrogens with one attached hydrogen (secondary N) is 2. The number of carbonyl (C=O) groups excluding carboxylic acids is 2. The third-order valence-corrected chi connectivity index (χ3v) is 2.31. The second-order valence-corrected chi connectivity index (χ2v) is 4.09. The highest BCUT2D eigenvalue weighted by Gasteiger charge is 2.18. The zero-order valence-corrected chi connectivity index (χ0v) is 11.8. The van der Waals surface area contributed by atoms with E-state index in [2.05, 4.69) is 10.6 Å². The number of rotatable bonds is 4. The molecule has 6 heteroatoms. The van der Waals surface area contributed by atoms with Gasteiger partial charge in [-0.2, -0.15) is 0 Å². The van der Waals surface area contributed by atoms with Crippen LogP contribution in [0.3, 0.4) is 0 Å². The van der Waals surface area contributed by atoms with Gasteiger partial charge in [-0.25, -0.2) is 4.79 Å². The van der Waals surface area contributed by atoms with Crippen LogP contribution in [0.1, 0.15) is 19.4 Å². The molecule has 6 nitrogen and oxygen atoms in total. The number of amides is 2. The van der Waals surface area contributed by atoms with Gasteiger partial charge in [-0.05, 0) is 5.56 Å². The van der Waals surface area contributed by atoms with E-state index in [1.807, 2.05) is 30.3 Å². The van der Waals surface area contributed by atoms with Crippen LogP contribution in [0.4, 0.5) is 0 Å². The summed E-state index contributed by atoms with van der Waals surface area (Å²) in [6, 6.07) is 8.34. The summed E-state index contributed by atoms with van der Waals surface area (Å²) in [6.07, 6.45) is 0.301. The average Bonchev–Trinajstić information content (AvgIpc) is 2.39. The molecule has 0 aliphatic heterocycles. The van der Waals surface area contributed by atoms with Crippen molar-refractivity contribution in [3.63, 3.8) is 0 Å². The highest BCUT2D eigenvalue weighted by atomic mass is 16.4. The van der Waals surface area contributed by atoms with E-state index in [0.29, 0.717) is 6.42 Å². The van der Waals surface area contributed by atoms with Crippen LogP contribution in [-0.2, 0) is 20.8 Å². The molecule has 0 aliphatic rings. The SMILES string of the molecule is CC(=O)NC(Cc1ccccc1)C(=O)O.CNC(C)=O. The molecule has 0 heterocycles. The molecule has 0 radical (unpaired) electrons. The smallest absolute Gasteiger partial charge is 0.326 e. The van der Waals surface area contributed by atoms with Crippen LogP contribution in [0.2, 0.25) is 0 Å². The molecular weight excluding hydrogens is 260 g/mol. The molecule has 0 bridgehead atoms. The van der Waals surface area contributed by atoms with Gasteiger partial charge in [0.25, 0.3) is 0 Å². The maximum Gasteiger partial charge on any atom is 0.326 e. The van der Waals surface area contributed by atoms with Crippen LogP contribution in [0.15, 0.2) is 30.3 Å². The van der Waals surface area contributed by atoms with Gasteiger partial charge in [0, 0.05) is 27.3 Å². The Morgan fingerprint density at radius 1 is 1.10 bits per heavy atom. The molecular formula is C14H20N2O4. The van der Waals surface area contributed by atoms with E-state index in [0.717, 1.165) is 5.56 Å². The second kappa shape index (κ2) is 9.55. The van der Waals surface area contributed by atoms with Gasteiger partial charge in [0.2, 0.25) is 11.8 Å². The first kappa shape index (κ1) is 17.6. The van der Waals surface area contributed by atoms with E-state index in [4.69, 9.17) is 5.11 Å². The van der Waals surface area contributed by atoms with Crippen LogP contribution >= 0.6 is 0 Å². The summed E-state index contributed by atoms with van der Waals surface area (Å²) in [6.45, 7) is 2.78. The molecule has 110 valence electrons. The Morgan fingerprint density at radius 3 is 1.95 bits per heavy atom. The predicted octanol–water partition coefficient (Wildman–Crippen LogP) is 0.571. The highest BCUT2D eigenvalue weighted by Crippen LogP contribution is 2.03. The summed E-state index contributed by atoms with van der Waals surface area (Å²) in [5, 5.41) is 13.6. The van der Waals surface area contributed by atoms with Crippen molar-refractivity contribution >= 4 is 17.8 Å². The minimum Gasteiger partial charge on any atom is -0.480 e. The lowest BCUT2D eigenvalue weighted by molar-refractivity contribution is -0.141. The van der Waals surface area contributed by atoms with E-state index < -0.39 is 12.0 Å². The molecule has 0 aromatic heterocycles. The first-order valence-corrected chi connectivity index (χ1v) is 6.09. The number of carbonyl (C=O) groups is 3. The van der Waals surface area contributed by atoms with Crippen LogP contribution in [0.25, 0.3) is 0 Å². The minimum absolute atomic E-state index is 0.00463. The van der Waals surface area contributed by atoms with Gasteiger partial charge >= 0.3 is 5.97 Å². The Hall–Kier alpha value is -2.37. The van der Waals surface area contributed by atoms with Gasteiger partial charge in [-0.15, -0.1) is 0 Å². The van der Waals surface area contributed by atoms with Crippen molar-refractivity contribution in [3.8, 4) is 0 Å². The van der Waals surface area contributed by atoms with Crippen molar-refractivity contribution in [2.75, 3.05) is 7.05 Å². The number of hydrogen-bond acceptors (Lipinski definition) is 3. The molecule has 3 N–H and O–H groups in total. The lowest BCUT2D eigenvalue weighted by atomic mass is 10.1. The standard InChI is InChI=1S/C11H13NO3.C3H7NO/c1-8(13)12-10(11(14)15)7-9-5-3-2-4-6-9;1-3(5)4-2/h2-6,10H,7H2,1H3,(H,12,13)(H,14,15);1-2H3,(H,4,5). The summed E-state index contributed by atoms with van der Waals surface area (Å²) in [7, 11) is 1.60. The highest BCUT2D eigenvalue weighted by molar-refractivity contribution is 5.82. The molecule has 2 amide bonds. The van der Waals surface area contributed by atoms with E-state index in [9.17, 15) is 14.4 Å². The lowest BCUT2D eigenvalue weighted by Gasteiger charge is -2.12. The fraction of sp³-hybridized carbons (Fsp3) is 0.357. The summed E-state index contributed by atoms with van der Waals surface area (Å²) >= 11 is 0. The summed E-state index contributed by atoms with van der Waals surface area (Å²) in [5.74, 6) is -1.35. The number of benzene rings is 1. The Kier molecular flexibility index (Phi) is 8.41. The van der Waals surface area contributed by atoms with Crippen molar-refractivity contribution in [1.82, 2.24) is 10.6 Å². The van der Waals surface area contributed by atoms with Crippen molar-refractivity contribution < 1.29 is 19.5 Å². The monoisotopic (exact) mass is 280 g/mol. The van der Waals surface area contributed by atoms with Crippen LogP contribution in [0, 0.1) is 0 Å². The first-order chi connectivity index (χ1) is 9.36. The van der Waals surface area contributed by atoms with E-state index in [1.165, 1.54) is 13.8 Å². The van der Waals surface area contributed by atoms with E-state index >= 15 is 0 Å². The zero-order valence-electron chi connectivity index (χ0n) is 11.8. The van der Waals surface area contributed by atoms with Crippen molar-refractivity contribution in [3.05, 3.63) is 35.9 Å². The van der Waals surface area contributed by atoms with Gasteiger partial charge < -0.3 is 15.7 Å². The molecule has 1 rings (SSSR count). The molecule has 0 saturated carbocycles. The zero-order chi connectivity index (χ0) is 15.5. The van der Waals surface area contributed by atoms with E-state index in [1.54, 1.807) is 7.05 Å². The molecule has 1 aromatic carbocycles. The number of hydrogen-bond donors (Lipinski definition) is 3. The number of carboxylic acid groups (broad SMARTS) is 1. The molecule has 0 fully saturated rings. The fourth-order valence-corrected chi connectivity index (χ4v) is 1.30. The Labute approximate surface area is 118 Å². The van der Waals surface area contributed by atoms with Gasteiger partial charge in [0.15, 0.2) is 0 Å². The Bertz CT molecular complexity index is 446. The van der Waals surface area contributed by atoms with Crippen LogP contribution in [-0.4, -0.2) is 36.0 Å². The minimum atomic E-state index is -1.02. The van der Waals surface area contributed by atoms with Crippen molar-refractivity contribution in [2.45, 2.75) is 26.3 Å². The van der Waals surface area contributed by atoms with Crippen molar-refractivity contribution in [2.24, 2.45) is 0 Å². The lowest BCUT2D eigenvalue weighted by Crippen LogP contribution is -2.41. The third kappa shape index (κ3) is 8.68. The molecule has 1 atom stereocenters. The number of carboxylic acids is 1.